The summed E-state index contributed by atoms with van der Waals surface area (Å²) in [6, 6.07) is 15.8. The zero-order chi connectivity index (χ0) is 24.1. The van der Waals surface area contributed by atoms with E-state index >= 15 is 0 Å². The lowest BCUT2D eigenvalue weighted by Crippen LogP contribution is -2.36. The van der Waals surface area contributed by atoms with E-state index in [0.29, 0.717) is 36.7 Å². The molecule has 7 heteroatoms. The van der Waals surface area contributed by atoms with Gasteiger partial charge in [0.15, 0.2) is 0 Å². The van der Waals surface area contributed by atoms with Crippen molar-refractivity contribution >= 4 is 11.7 Å². The number of amides is 1. The molecule has 1 aromatic heterocycles. The molecule has 34 heavy (non-hydrogen) atoms. The monoisotopic (exact) mass is 460 g/mol. The van der Waals surface area contributed by atoms with E-state index in [1.807, 2.05) is 24.0 Å². The van der Waals surface area contributed by atoms with Crippen LogP contribution in [-0.2, 0) is 6.42 Å². The molecule has 3 aromatic rings. The third kappa shape index (κ3) is 4.98. The Balaban J connectivity index is 1.58. The Morgan fingerprint density at radius 1 is 0.882 bits per heavy atom. The number of aryl methyl sites for hydroxylation is 2. The second-order valence-electron chi connectivity index (χ2n) is 8.49. The van der Waals surface area contributed by atoms with Crippen molar-refractivity contribution in [1.82, 2.24) is 14.9 Å². The zero-order valence-corrected chi connectivity index (χ0v) is 20.4. The maximum atomic E-state index is 13.5. The largest absolute Gasteiger partial charge is 0.496 e. The van der Waals surface area contributed by atoms with Gasteiger partial charge in [0.05, 0.1) is 14.2 Å². The molecule has 1 saturated heterocycles. The Morgan fingerprint density at radius 2 is 1.59 bits per heavy atom. The first kappa shape index (κ1) is 23.5. The van der Waals surface area contributed by atoms with Gasteiger partial charge in [-0.25, -0.2) is 9.97 Å². The Bertz CT molecular complexity index is 1130. The molecule has 0 spiro atoms. The first-order valence-electron chi connectivity index (χ1n) is 11.6. The number of hydrogen-bond acceptors (Lipinski definition) is 6. The van der Waals surface area contributed by atoms with Crippen molar-refractivity contribution < 1.29 is 14.3 Å². The van der Waals surface area contributed by atoms with Crippen LogP contribution in [0.15, 0.2) is 48.5 Å². The van der Waals surface area contributed by atoms with Crippen molar-refractivity contribution in [3.63, 3.8) is 0 Å². The number of hydrogen-bond donors (Lipinski definition) is 0. The summed E-state index contributed by atoms with van der Waals surface area (Å²) < 4.78 is 10.9. The molecule has 0 radical (unpaired) electrons. The number of rotatable bonds is 6. The maximum absolute atomic E-state index is 13.5. The van der Waals surface area contributed by atoms with Crippen LogP contribution in [0.25, 0.3) is 0 Å². The minimum absolute atomic E-state index is 0.0734. The quantitative estimate of drug-likeness (QED) is 0.553. The number of anilines is 1. The van der Waals surface area contributed by atoms with Gasteiger partial charge in [-0.15, -0.1) is 0 Å². The maximum Gasteiger partial charge on any atom is 0.261 e. The zero-order valence-electron chi connectivity index (χ0n) is 20.4. The molecule has 0 unspecified atom stereocenters. The smallest absolute Gasteiger partial charge is 0.261 e. The van der Waals surface area contributed by atoms with E-state index in [2.05, 4.69) is 41.1 Å². The summed E-state index contributed by atoms with van der Waals surface area (Å²) >= 11 is 0. The molecule has 2 aromatic carbocycles. The minimum Gasteiger partial charge on any atom is -0.496 e. The van der Waals surface area contributed by atoms with Crippen molar-refractivity contribution in [1.29, 1.82) is 0 Å². The fraction of sp³-hybridized carbons (Fsp3) is 0.370. The summed E-state index contributed by atoms with van der Waals surface area (Å²) in [6.45, 7) is 6.76. The summed E-state index contributed by atoms with van der Waals surface area (Å²) in [5.74, 6) is 2.71. The van der Waals surface area contributed by atoms with Crippen LogP contribution in [0.2, 0.25) is 0 Å². The van der Waals surface area contributed by atoms with Crippen LogP contribution in [0, 0.1) is 13.8 Å². The second kappa shape index (κ2) is 10.5. The Labute approximate surface area is 201 Å². The third-order valence-corrected chi connectivity index (χ3v) is 6.25. The van der Waals surface area contributed by atoms with Crippen LogP contribution in [0.1, 0.15) is 39.4 Å². The van der Waals surface area contributed by atoms with Crippen molar-refractivity contribution in [2.45, 2.75) is 26.7 Å². The van der Waals surface area contributed by atoms with Gasteiger partial charge < -0.3 is 19.3 Å². The Morgan fingerprint density at radius 3 is 2.26 bits per heavy atom. The van der Waals surface area contributed by atoms with Crippen molar-refractivity contribution in [2.24, 2.45) is 0 Å². The Kier molecular flexibility index (Phi) is 7.30. The normalized spacial score (nSPS) is 14.0. The van der Waals surface area contributed by atoms with Gasteiger partial charge >= 0.3 is 0 Å². The summed E-state index contributed by atoms with van der Waals surface area (Å²) in [5, 5.41) is 0. The number of benzene rings is 2. The molecular weight excluding hydrogens is 428 g/mol. The fourth-order valence-electron chi connectivity index (χ4n) is 4.54. The van der Waals surface area contributed by atoms with Gasteiger partial charge in [0.2, 0.25) is 0 Å². The van der Waals surface area contributed by atoms with E-state index in [1.54, 1.807) is 26.4 Å². The molecule has 0 saturated carbocycles. The number of methoxy groups -OCH3 is 2. The lowest BCUT2D eigenvalue weighted by atomic mass is 10.0. The minimum atomic E-state index is -0.0734. The number of carbonyl (C=O) groups is 1. The lowest BCUT2D eigenvalue weighted by molar-refractivity contribution is 0.0760. The molecule has 1 aliphatic heterocycles. The van der Waals surface area contributed by atoms with Crippen molar-refractivity contribution in [3.8, 4) is 11.5 Å². The summed E-state index contributed by atoms with van der Waals surface area (Å²) in [7, 11) is 3.15. The van der Waals surface area contributed by atoms with E-state index in [9.17, 15) is 4.79 Å². The highest BCUT2D eigenvalue weighted by molar-refractivity contribution is 5.99. The fourth-order valence-corrected chi connectivity index (χ4v) is 4.54. The molecule has 1 fully saturated rings. The number of carbonyl (C=O) groups excluding carboxylic acids is 1. The molecule has 1 aliphatic rings. The van der Waals surface area contributed by atoms with Crippen LogP contribution in [0.5, 0.6) is 11.5 Å². The molecule has 4 rings (SSSR count). The average molecular weight is 461 g/mol. The molecule has 0 bridgehead atoms. The standard InChI is InChI=1S/C27H32N4O3/c1-19-22(18-21-10-6-5-7-11-21)26(29-20(2)28-19)30-14-9-15-31(17-16-30)27(32)25-23(33-3)12-8-13-24(25)34-4/h5-8,10-13H,9,14-18H2,1-4H3. The number of aromatic nitrogens is 2. The van der Waals surface area contributed by atoms with Gasteiger partial charge in [0, 0.05) is 43.9 Å². The highest BCUT2D eigenvalue weighted by atomic mass is 16.5. The lowest BCUT2D eigenvalue weighted by Gasteiger charge is -2.26. The molecule has 0 N–H and O–H groups in total. The van der Waals surface area contributed by atoms with Crippen LogP contribution in [0.4, 0.5) is 5.82 Å². The van der Waals surface area contributed by atoms with Crippen molar-refractivity contribution in [3.05, 3.63) is 76.7 Å². The summed E-state index contributed by atoms with van der Waals surface area (Å²) in [6.07, 6.45) is 1.62. The third-order valence-electron chi connectivity index (χ3n) is 6.25. The average Bonchev–Trinajstić information content (AvgIpc) is 3.11. The molecule has 7 nitrogen and oxygen atoms in total. The number of nitrogens with zero attached hydrogens (tertiary/aromatic N) is 4. The van der Waals surface area contributed by atoms with Gasteiger partial charge in [-0.1, -0.05) is 36.4 Å². The number of ether oxygens (including phenoxy) is 2. The van der Waals surface area contributed by atoms with Crippen molar-refractivity contribution in [2.75, 3.05) is 45.3 Å². The molecule has 2 heterocycles. The topological polar surface area (TPSA) is 67.8 Å². The van der Waals surface area contributed by atoms with Crippen LogP contribution in [0.3, 0.4) is 0 Å². The van der Waals surface area contributed by atoms with Crippen LogP contribution in [-0.4, -0.2) is 61.2 Å². The van der Waals surface area contributed by atoms with E-state index < -0.39 is 0 Å². The van der Waals surface area contributed by atoms with Gasteiger partial charge in [0.25, 0.3) is 5.91 Å². The molecular formula is C27H32N4O3. The van der Waals surface area contributed by atoms with E-state index in [0.717, 1.165) is 42.3 Å². The highest BCUT2D eigenvalue weighted by Gasteiger charge is 2.27. The van der Waals surface area contributed by atoms with Crippen LogP contribution < -0.4 is 14.4 Å². The van der Waals surface area contributed by atoms with Gasteiger partial charge in [0.1, 0.15) is 28.7 Å². The summed E-state index contributed by atoms with van der Waals surface area (Å²) in [5.41, 5.74) is 3.85. The first-order chi connectivity index (χ1) is 16.5. The van der Waals surface area contributed by atoms with Gasteiger partial charge in [-0.3, -0.25) is 4.79 Å². The molecule has 0 aliphatic carbocycles. The summed E-state index contributed by atoms with van der Waals surface area (Å²) in [4.78, 5) is 27.2. The predicted molar refractivity (Wildman–Crippen MR) is 133 cm³/mol. The first-order valence-corrected chi connectivity index (χ1v) is 11.6. The van der Waals surface area contributed by atoms with Crippen LogP contribution >= 0.6 is 0 Å². The molecule has 178 valence electrons. The van der Waals surface area contributed by atoms with Gasteiger partial charge in [-0.2, -0.15) is 0 Å². The van der Waals surface area contributed by atoms with E-state index in [1.165, 1.54) is 5.56 Å². The molecule has 0 atom stereocenters. The van der Waals surface area contributed by atoms with Gasteiger partial charge in [-0.05, 0) is 38.0 Å². The van der Waals surface area contributed by atoms with E-state index in [-0.39, 0.29) is 5.91 Å². The predicted octanol–water partition coefficient (Wildman–Crippen LogP) is 4.05. The Hall–Kier alpha value is -3.61. The second-order valence-corrected chi connectivity index (χ2v) is 8.49. The van der Waals surface area contributed by atoms with E-state index in [4.69, 9.17) is 14.5 Å². The highest BCUT2D eigenvalue weighted by Crippen LogP contribution is 2.30. The SMILES string of the molecule is COc1cccc(OC)c1C(=O)N1CCCN(c2nc(C)nc(C)c2Cc2ccccc2)CC1. The molecule has 1 amide bonds.